The van der Waals surface area contributed by atoms with Crippen molar-refractivity contribution in [1.82, 2.24) is 9.80 Å². The Bertz CT molecular complexity index is 763. The third-order valence-electron chi connectivity index (χ3n) is 5.19. The highest BCUT2D eigenvalue weighted by Crippen LogP contribution is 2.35. The van der Waals surface area contributed by atoms with E-state index in [1.807, 2.05) is 18.2 Å². The number of benzene rings is 1. The lowest BCUT2D eigenvalue weighted by molar-refractivity contribution is -0.146. The van der Waals surface area contributed by atoms with Gasteiger partial charge in [0.1, 0.15) is 6.54 Å². The molecule has 7 heteroatoms. The lowest BCUT2D eigenvalue weighted by atomic mass is 9.85. The van der Waals surface area contributed by atoms with Crippen LogP contribution in [0, 0.1) is 11.8 Å². The monoisotopic (exact) mass is 372 g/mol. The summed E-state index contributed by atoms with van der Waals surface area (Å²) in [7, 11) is 4.76. The van der Waals surface area contributed by atoms with Gasteiger partial charge in [0.25, 0.3) is 0 Å². The summed E-state index contributed by atoms with van der Waals surface area (Å²) >= 11 is 0. The topological polar surface area (TPSA) is 76.2 Å². The Balaban J connectivity index is 1.64. The number of carbonyl (C=O) groups excluding carboxylic acids is 3. The van der Waals surface area contributed by atoms with E-state index in [4.69, 9.17) is 9.47 Å². The fourth-order valence-electron chi connectivity index (χ4n) is 3.62. The van der Waals surface area contributed by atoms with E-state index in [0.717, 1.165) is 10.5 Å². The van der Waals surface area contributed by atoms with E-state index in [-0.39, 0.29) is 36.1 Å². The first kappa shape index (κ1) is 18.9. The highest BCUT2D eigenvalue weighted by molar-refractivity contribution is 6.07. The largest absolute Gasteiger partial charge is 0.493 e. The first-order valence-corrected chi connectivity index (χ1v) is 8.91. The van der Waals surface area contributed by atoms with Crippen molar-refractivity contribution in [3.63, 3.8) is 0 Å². The number of likely N-dealkylation sites (N-methyl/N-ethyl adjacent to an activating group) is 1. The van der Waals surface area contributed by atoms with Crippen LogP contribution in [-0.2, 0) is 20.9 Å². The van der Waals surface area contributed by atoms with Crippen LogP contribution in [-0.4, -0.2) is 55.3 Å². The van der Waals surface area contributed by atoms with E-state index >= 15 is 0 Å². The third-order valence-corrected chi connectivity index (χ3v) is 5.19. The molecule has 0 spiro atoms. The maximum atomic E-state index is 12.6. The second kappa shape index (κ2) is 7.82. The number of allylic oxidation sites excluding steroid dienone is 2. The van der Waals surface area contributed by atoms with Crippen molar-refractivity contribution in [2.24, 2.45) is 11.8 Å². The molecular formula is C20H24N2O5. The molecule has 2 aliphatic rings. The minimum absolute atomic E-state index is 0.214. The number of carbonyl (C=O) groups is 3. The van der Waals surface area contributed by atoms with Crippen LogP contribution in [0.1, 0.15) is 18.4 Å². The predicted octanol–water partition coefficient (Wildman–Crippen LogP) is 1.61. The van der Waals surface area contributed by atoms with Crippen LogP contribution in [0.3, 0.4) is 0 Å². The fourth-order valence-corrected chi connectivity index (χ4v) is 3.62. The van der Waals surface area contributed by atoms with Crippen LogP contribution < -0.4 is 9.47 Å². The fraction of sp³-hybridized carbons (Fsp3) is 0.450. The molecule has 1 aromatic rings. The molecule has 0 radical (unpaired) electrons. The number of nitrogens with zero attached hydrogens (tertiary/aromatic N) is 2. The number of likely N-dealkylation sites (tertiary alicyclic amines) is 1. The maximum absolute atomic E-state index is 12.6. The summed E-state index contributed by atoms with van der Waals surface area (Å²) in [6.07, 6.45) is 5.00. The number of fused-ring (bicyclic) bond motifs is 1. The normalized spacial score (nSPS) is 21.2. The first-order chi connectivity index (χ1) is 13.0. The Hall–Kier alpha value is -2.83. The number of amides is 3. The van der Waals surface area contributed by atoms with E-state index in [1.165, 1.54) is 4.90 Å². The number of ether oxygens (including phenoxy) is 2. The van der Waals surface area contributed by atoms with Gasteiger partial charge in [-0.25, -0.2) is 0 Å². The Morgan fingerprint density at radius 1 is 1.07 bits per heavy atom. The van der Waals surface area contributed by atoms with Crippen molar-refractivity contribution in [1.29, 1.82) is 0 Å². The molecule has 0 saturated carbocycles. The molecule has 1 heterocycles. The first-order valence-electron chi connectivity index (χ1n) is 8.91. The SMILES string of the molecule is COc1ccc(CN(C)C(=O)CN2C(=O)C3CC=CCC3C2=O)cc1OC. The molecule has 1 aromatic carbocycles. The molecular weight excluding hydrogens is 348 g/mol. The molecule has 7 nitrogen and oxygen atoms in total. The molecule has 3 rings (SSSR count). The maximum Gasteiger partial charge on any atom is 0.242 e. The van der Waals surface area contributed by atoms with Crippen LogP contribution in [0.15, 0.2) is 30.4 Å². The third kappa shape index (κ3) is 3.67. The summed E-state index contributed by atoms with van der Waals surface area (Å²) in [5.41, 5.74) is 0.862. The Morgan fingerprint density at radius 3 is 2.22 bits per heavy atom. The van der Waals surface area contributed by atoms with Gasteiger partial charge < -0.3 is 14.4 Å². The highest BCUT2D eigenvalue weighted by Gasteiger charge is 2.47. The van der Waals surface area contributed by atoms with E-state index in [9.17, 15) is 14.4 Å². The van der Waals surface area contributed by atoms with Gasteiger partial charge in [-0.1, -0.05) is 18.2 Å². The number of hydrogen-bond donors (Lipinski definition) is 0. The second-order valence-electron chi connectivity index (χ2n) is 6.86. The van der Waals surface area contributed by atoms with Crippen molar-refractivity contribution in [2.75, 3.05) is 27.8 Å². The van der Waals surface area contributed by atoms with E-state index in [0.29, 0.717) is 30.9 Å². The standard InChI is InChI=1S/C20H24N2O5/c1-21(11-13-8-9-16(26-2)17(10-13)27-3)18(23)12-22-19(24)14-6-4-5-7-15(14)20(22)25/h4-5,8-10,14-15H,6-7,11-12H2,1-3H3. The molecule has 1 saturated heterocycles. The molecule has 0 bridgehead atoms. The van der Waals surface area contributed by atoms with Crippen LogP contribution in [0.4, 0.5) is 0 Å². The summed E-state index contributed by atoms with van der Waals surface area (Å²) in [5, 5.41) is 0. The predicted molar refractivity (Wildman–Crippen MR) is 98.1 cm³/mol. The lowest BCUT2D eigenvalue weighted by Gasteiger charge is -2.21. The van der Waals surface area contributed by atoms with Gasteiger partial charge in [-0.05, 0) is 30.5 Å². The Morgan fingerprint density at radius 2 is 1.67 bits per heavy atom. The smallest absolute Gasteiger partial charge is 0.242 e. The zero-order chi connectivity index (χ0) is 19.6. The van der Waals surface area contributed by atoms with Crippen LogP contribution in [0.2, 0.25) is 0 Å². The minimum atomic E-state index is -0.313. The van der Waals surface area contributed by atoms with Gasteiger partial charge in [-0.15, -0.1) is 0 Å². The molecule has 1 fully saturated rings. The van der Waals surface area contributed by atoms with Crippen molar-refractivity contribution in [3.05, 3.63) is 35.9 Å². The Labute approximate surface area is 158 Å². The number of hydrogen-bond acceptors (Lipinski definition) is 5. The zero-order valence-electron chi connectivity index (χ0n) is 15.8. The average Bonchev–Trinajstić information content (AvgIpc) is 2.93. The summed E-state index contributed by atoms with van der Waals surface area (Å²) in [6, 6.07) is 5.42. The quantitative estimate of drug-likeness (QED) is 0.560. The molecule has 1 aliphatic carbocycles. The van der Waals surface area contributed by atoms with Crippen LogP contribution >= 0.6 is 0 Å². The van der Waals surface area contributed by atoms with Crippen LogP contribution in [0.5, 0.6) is 11.5 Å². The van der Waals surface area contributed by atoms with E-state index in [2.05, 4.69) is 0 Å². The minimum Gasteiger partial charge on any atom is -0.493 e. The van der Waals surface area contributed by atoms with Gasteiger partial charge in [0.2, 0.25) is 17.7 Å². The van der Waals surface area contributed by atoms with Gasteiger partial charge in [-0.3, -0.25) is 19.3 Å². The molecule has 0 aromatic heterocycles. The molecule has 144 valence electrons. The van der Waals surface area contributed by atoms with Crippen LogP contribution in [0.25, 0.3) is 0 Å². The second-order valence-corrected chi connectivity index (χ2v) is 6.86. The summed E-state index contributed by atoms with van der Waals surface area (Å²) in [6.45, 7) is 0.123. The van der Waals surface area contributed by atoms with Gasteiger partial charge in [0.15, 0.2) is 11.5 Å². The zero-order valence-corrected chi connectivity index (χ0v) is 15.8. The van der Waals surface area contributed by atoms with Gasteiger partial charge in [-0.2, -0.15) is 0 Å². The van der Waals surface area contributed by atoms with E-state index < -0.39 is 0 Å². The highest BCUT2D eigenvalue weighted by atomic mass is 16.5. The molecule has 2 unspecified atom stereocenters. The summed E-state index contributed by atoms with van der Waals surface area (Å²) in [4.78, 5) is 40.2. The lowest BCUT2D eigenvalue weighted by Crippen LogP contribution is -2.41. The van der Waals surface area contributed by atoms with Gasteiger partial charge in [0, 0.05) is 13.6 Å². The van der Waals surface area contributed by atoms with Gasteiger partial charge >= 0.3 is 0 Å². The van der Waals surface area contributed by atoms with Crippen molar-refractivity contribution < 1.29 is 23.9 Å². The number of imide groups is 1. The van der Waals surface area contributed by atoms with Crippen molar-refractivity contribution in [2.45, 2.75) is 19.4 Å². The van der Waals surface area contributed by atoms with Crippen molar-refractivity contribution >= 4 is 17.7 Å². The Kier molecular flexibility index (Phi) is 5.48. The number of methoxy groups -OCH3 is 2. The average molecular weight is 372 g/mol. The molecule has 1 aliphatic heterocycles. The van der Waals surface area contributed by atoms with E-state index in [1.54, 1.807) is 33.4 Å². The number of rotatable bonds is 6. The van der Waals surface area contributed by atoms with Gasteiger partial charge in [0.05, 0.1) is 26.1 Å². The summed E-state index contributed by atoms with van der Waals surface area (Å²) < 4.78 is 10.5. The molecule has 0 N–H and O–H groups in total. The molecule has 2 atom stereocenters. The molecule has 27 heavy (non-hydrogen) atoms. The van der Waals surface area contributed by atoms with Crippen molar-refractivity contribution in [3.8, 4) is 11.5 Å². The summed E-state index contributed by atoms with van der Waals surface area (Å²) in [5.74, 6) is -0.183. The molecule has 3 amide bonds.